The fourth-order valence-electron chi connectivity index (χ4n) is 5.30. The molecule has 2 aliphatic heterocycles. The van der Waals surface area contributed by atoms with Crippen LogP contribution < -0.4 is 9.47 Å². The predicted octanol–water partition coefficient (Wildman–Crippen LogP) is 6.68. The minimum atomic E-state index is -0.366. The summed E-state index contributed by atoms with van der Waals surface area (Å²) in [6.07, 6.45) is 5.50. The third-order valence-corrected chi connectivity index (χ3v) is 7.50. The molecule has 1 saturated heterocycles. The summed E-state index contributed by atoms with van der Waals surface area (Å²) < 4.78 is 12.3. The molecule has 2 aliphatic rings. The van der Waals surface area contributed by atoms with E-state index in [1.54, 1.807) is 12.1 Å². The molecule has 0 spiro atoms. The van der Waals surface area contributed by atoms with Crippen LogP contribution in [0.3, 0.4) is 0 Å². The molecule has 3 aromatic rings. The molecule has 192 valence electrons. The summed E-state index contributed by atoms with van der Waals surface area (Å²) in [4.78, 5) is 13.2. The number of nitrogens with zero attached hydrogens (tertiary/aromatic N) is 2. The average Bonchev–Trinajstić information content (AvgIpc) is 3.35. The van der Waals surface area contributed by atoms with Gasteiger partial charge in [0, 0.05) is 36.6 Å². The van der Waals surface area contributed by atoms with E-state index in [9.17, 15) is 10.1 Å². The predicted molar refractivity (Wildman–Crippen MR) is 147 cm³/mol. The molecule has 0 radical (unpaired) electrons. The third-order valence-electron chi connectivity index (χ3n) is 7.50. The molecule has 0 aliphatic carbocycles. The lowest BCUT2D eigenvalue weighted by Gasteiger charge is -2.22. The number of ether oxygens (including phenoxy) is 2. The Labute approximate surface area is 218 Å². The lowest BCUT2D eigenvalue weighted by Crippen LogP contribution is -2.25. The van der Waals surface area contributed by atoms with Gasteiger partial charge in [-0.1, -0.05) is 29.8 Å². The lowest BCUT2D eigenvalue weighted by atomic mass is 9.81. The minimum Gasteiger partial charge on any atom is -0.493 e. The monoisotopic (exact) mass is 498 g/mol. The van der Waals surface area contributed by atoms with Crippen LogP contribution in [0.25, 0.3) is 6.08 Å². The summed E-state index contributed by atoms with van der Waals surface area (Å²) in [5.41, 5.74) is 7.03. The van der Waals surface area contributed by atoms with E-state index < -0.39 is 0 Å². The number of hydrogen-bond donors (Lipinski definition) is 0. The quantitative estimate of drug-likeness (QED) is 0.268. The van der Waals surface area contributed by atoms with Gasteiger partial charge in [0.1, 0.15) is 18.1 Å². The number of aryl methyl sites for hydroxylation is 2. The summed E-state index contributed by atoms with van der Waals surface area (Å²) >= 11 is 0. The number of likely N-dealkylation sites (tertiary alicyclic amines) is 1. The van der Waals surface area contributed by atoms with Gasteiger partial charge in [0.05, 0.1) is 11.5 Å². The molecule has 0 saturated carbocycles. The Morgan fingerprint density at radius 1 is 1.03 bits per heavy atom. The Balaban J connectivity index is 1.46. The van der Waals surface area contributed by atoms with Crippen molar-refractivity contribution in [1.82, 2.24) is 4.90 Å². The second-order valence-corrected chi connectivity index (χ2v) is 10.0. The first kappa shape index (κ1) is 25.0. The van der Waals surface area contributed by atoms with Gasteiger partial charge in [-0.25, -0.2) is 0 Å². The molecule has 5 rings (SSSR count). The van der Waals surface area contributed by atoms with Crippen molar-refractivity contribution in [2.75, 3.05) is 32.8 Å². The van der Waals surface area contributed by atoms with Crippen LogP contribution in [0.2, 0.25) is 0 Å². The van der Waals surface area contributed by atoms with E-state index in [0.29, 0.717) is 13.2 Å². The van der Waals surface area contributed by atoms with E-state index in [2.05, 4.69) is 61.2 Å². The van der Waals surface area contributed by atoms with E-state index in [1.807, 2.05) is 12.1 Å². The van der Waals surface area contributed by atoms with Crippen LogP contribution in [0.4, 0.5) is 5.69 Å². The van der Waals surface area contributed by atoms with Crippen molar-refractivity contribution in [1.29, 1.82) is 0 Å². The summed E-state index contributed by atoms with van der Waals surface area (Å²) in [5.74, 6) is 1.82. The molecule has 2 heterocycles. The number of benzene rings is 3. The molecule has 6 nitrogen and oxygen atoms in total. The maximum Gasteiger partial charge on any atom is 0.269 e. The first-order valence-electron chi connectivity index (χ1n) is 13.1. The Morgan fingerprint density at radius 2 is 1.73 bits per heavy atom. The molecule has 0 aromatic heterocycles. The van der Waals surface area contributed by atoms with Gasteiger partial charge in [0.2, 0.25) is 0 Å². The van der Waals surface area contributed by atoms with E-state index in [1.165, 1.54) is 48.2 Å². The van der Waals surface area contributed by atoms with Gasteiger partial charge >= 0.3 is 0 Å². The maximum absolute atomic E-state index is 11.1. The molecular weight excluding hydrogens is 464 g/mol. The standard InChI is InChI=1S/C31H34N2O4/c1-22-19-29-30(20-23(22)2)37-17-13-26(21-24-5-9-27(10-6-24)33(34)35)31(29)25-7-11-28(12-8-25)36-18-16-32-14-3-4-15-32/h5-12,19-21,31H,3-4,13-18H2,1-2H3/b26-21+. The number of fused-ring (bicyclic) bond motifs is 1. The Morgan fingerprint density at radius 3 is 2.43 bits per heavy atom. The molecular formula is C31H34N2O4. The molecule has 37 heavy (non-hydrogen) atoms. The first-order valence-corrected chi connectivity index (χ1v) is 13.1. The van der Waals surface area contributed by atoms with E-state index >= 15 is 0 Å². The van der Waals surface area contributed by atoms with Crippen molar-refractivity contribution in [3.63, 3.8) is 0 Å². The van der Waals surface area contributed by atoms with E-state index in [-0.39, 0.29) is 16.5 Å². The Bertz CT molecular complexity index is 1280. The fraction of sp³-hybridized carbons (Fsp3) is 0.355. The molecule has 1 unspecified atom stereocenters. The molecule has 0 N–H and O–H groups in total. The van der Waals surface area contributed by atoms with Crippen LogP contribution in [-0.4, -0.2) is 42.7 Å². The highest BCUT2D eigenvalue weighted by molar-refractivity contribution is 5.62. The molecule has 1 atom stereocenters. The zero-order valence-electron chi connectivity index (χ0n) is 21.6. The maximum atomic E-state index is 11.1. The number of hydrogen-bond acceptors (Lipinski definition) is 5. The van der Waals surface area contributed by atoms with Crippen LogP contribution in [0, 0.1) is 24.0 Å². The van der Waals surface area contributed by atoms with Gasteiger partial charge in [-0.3, -0.25) is 15.0 Å². The number of rotatable bonds is 7. The largest absolute Gasteiger partial charge is 0.493 e. The Kier molecular flexibility index (Phi) is 7.56. The lowest BCUT2D eigenvalue weighted by molar-refractivity contribution is -0.384. The number of nitro groups is 1. The Hall–Kier alpha value is -3.64. The second kappa shape index (κ2) is 11.2. The van der Waals surface area contributed by atoms with Crippen molar-refractivity contribution in [2.45, 2.75) is 39.0 Å². The smallest absolute Gasteiger partial charge is 0.269 e. The minimum absolute atomic E-state index is 0.0191. The van der Waals surface area contributed by atoms with Crippen molar-refractivity contribution in [3.8, 4) is 11.5 Å². The summed E-state index contributed by atoms with van der Waals surface area (Å²) in [7, 11) is 0. The number of non-ortho nitro benzene ring substituents is 1. The highest BCUT2D eigenvalue weighted by Crippen LogP contribution is 2.43. The van der Waals surface area contributed by atoms with Gasteiger partial charge in [-0.15, -0.1) is 0 Å². The van der Waals surface area contributed by atoms with Gasteiger partial charge < -0.3 is 9.47 Å². The average molecular weight is 499 g/mol. The zero-order valence-corrected chi connectivity index (χ0v) is 21.6. The van der Waals surface area contributed by atoms with Crippen LogP contribution in [0.5, 0.6) is 11.5 Å². The zero-order chi connectivity index (χ0) is 25.8. The van der Waals surface area contributed by atoms with E-state index in [0.717, 1.165) is 35.6 Å². The van der Waals surface area contributed by atoms with Crippen LogP contribution in [0.15, 0.2) is 66.2 Å². The van der Waals surface area contributed by atoms with Crippen molar-refractivity contribution >= 4 is 11.8 Å². The highest BCUT2D eigenvalue weighted by Gasteiger charge is 2.26. The second-order valence-electron chi connectivity index (χ2n) is 10.0. The van der Waals surface area contributed by atoms with Gasteiger partial charge in [0.15, 0.2) is 0 Å². The SMILES string of the molecule is Cc1cc2c(cc1C)C(c1ccc(OCCN3CCCC3)cc1)/C(=C/c1ccc([N+](=O)[O-])cc1)CCO2. The van der Waals surface area contributed by atoms with Crippen molar-refractivity contribution in [3.05, 3.63) is 104 Å². The molecule has 6 heteroatoms. The molecule has 0 bridgehead atoms. The molecule has 1 fully saturated rings. The molecule has 3 aromatic carbocycles. The van der Waals surface area contributed by atoms with Crippen molar-refractivity contribution in [2.24, 2.45) is 0 Å². The highest BCUT2D eigenvalue weighted by atomic mass is 16.6. The van der Waals surface area contributed by atoms with Crippen LogP contribution in [0.1, 0.15) is 53.0 Å². The van der Waals surface area contributed by atoms with Crippen molar-refractivity contribution < 1.29 is 14.4 Å². The summed E-state index contributed by atoms with van der Waals surface area (Å²) in [5, 5.41) is 11.1. The van der Waals surface area contributed by atoms with Gasteiger partial charge in [0.25, 0.3) is 5.69 Å². The third kappa shape index (κ3) is 5.86. The summed E-state index contributed by atoms with van der Waals surface area (Å²) in [6, 6.07) is 19.6. The fourth-order valence-corrected chi connectivity index (χ4v) is 5.30. The van der Waals surface area contributed by atoms with Gasteiger partial charge in [-0.05, 0) is 92.4 Å². The normalized spacial score (nSPS) is 18.8. The number of nitro benzene ring substituents is 1. The summed E-state index contributed by atoms with van der Waals surface area (Å²) in [6.45, 7) is 8.85. The first-order chi connectivity index (χ1) is 18.0. The van der Waals surface area contributed by atoms with E-state index in [4.69, 9.17) is 9.47 Å². The van der Waals surface area contributed by atoms with Crippen LogP contribution in [-0.2, 0) is 0 Å². The molecule has 0 amide bonds. The van der Waals surface area contributed by atoms with Crippen LogP contribution >= 0.6 is 0 Å². The van der Waals surface area contributed by atoms with Gasteiger partial charge in [-0.2, -0.15) is 0 Å². The topological polar surface area (TPSA) is 64.8 Å².